The number of amides is 2. The topological polar surface area (TPSA) is 87.7 Å². The van der Waals surface area contributed by atoms with Crippen molar-refractivity contribution in [1.82, 2.24) is 10.6 Å². The number of carboxylic acid groups (broad SMARTS) is 1. The fourth-order valence-corrected chi connectivity index (χ4v) is 1.87. The van der Waals surface area contributed by atoms with Gasteiger partial charge in [0.1, 0.15) is 11.8 Å². The number of aliphatic carboxylic acids is 1. The van der Waals surface area contributed by atoms with Gasteiger partial charge in [-0.25, -0.2) is 9.59 Å². The average Bonchev–Trinajstić information content (AvgIpc) is 2.44. The van der Waals surface area contributed by atoms with Gasteiger partial charge in [0, 0.05) is 0 Å². The molecule has 6 heteroatoms. The lowest BCUT2D eigenvalue weighted by atomic mass is 10.1. The van der Waals surface area contributed by atoms with Crippen LogP contribution in [0.2, 0.25) is 0 Å². The number of carbonyl (C=O) groups excluding carboxylic acids is 1. The molecule has 0 aliphatic heterocycles. The Hall–Kier alpha value is -2.24. The molecule has 0 radical (unpaired) electrons. The normalized spacial score (nSPS) is 13.4. The molecule has 0 spiro atoms. The Morgan fingerprint density at radius 3 is 2.10 bits per heavy atom. The maximum atomic E-state index is 11.9. The molecule has 0 aliphatic rings. The maximum Gasteiger partial charge on any atom is 0.326 e. The lowest BCUT2D eigenvalue weighted by Crippen LogP contribution is -2.49. The van der Waals surface area contributed by atoms with Crippen molar-refractivity contribution in [3.05, 3.63) is 29.8 Å². The molecule has 21 heavy (non-hydrogen) atoms. The molecule has 1 rings (SSSR count). The largest absolute Gasteiger partial charge is 0.497 e. The van der Waals surface area contributed by atoms with Gasteiger partial charge in [-0.1, -0.05) is 26.0 Å². The standard InChI is InChI=1S/C15H22N2O4/c1-9(2)13(14(18)19)17-15(20)16-10(3)11-5-7-12(21-4)8-6-11/h5-10,13H,1-4H3,(H,18,19)(H2,16,17,20)/t10?,13-/m1/s1. The van der Waals surface area contributed by atoms with Gasteiger partial charge in [-0.05, 0) is 30.5 Å². The van der Waals surface area contributed by atoms with E-state index in [-0.39, 0.29) is 12.0 Å². The van der Waals surface area contributed by atoms with Gasteiger partial charge >= 0.3 is 12.0 Å². The Labute approximate surface area is 124 Å². The van der Waals surface area contributed by atoms with Crippen molar-refractivity contribution >= 4 is 12.0 Å². The molecule has 0 heterocycles. The third-order valence-corrected chi connectivity index (χ3v) is 3.18. The number of hydrogen-bond acceptors (Lipinski definition) is 3. The zero-order chi connectivity index (χ0) is 16.0. The van der Waals surface area contributed by atoms with Gasteiger partial charge < -0.3 is 20.5 Å². The van der Waals surface area contributed by atoms with Crippen LogP contribution in [0.15, 0.2) is 24.3 Å². The van der Waals surface area contributed by atoms with E-state index in [1.54, 1.807) is 33.1 Å². The van der Waals surface area contributed by atoms with E-state index in [0.717, 1.165) is 11.3 Å². The van der Waals surface area contributed by atoms with E-state index in [0.29, 0.717) is 0 Å². The van der Waals surface area contributed by atoms with Crippen molar-refractivity contribution in [2.45, 2.75) is 32.9 Å². The van der Waals surface area contributed by atoms with Crippen molar-refractivity contribution in [1.29, 1.82) is 0 Å². The Balaban J connectivity index is 2.62. The summed E-state index contributed by atoms with van der Waals surface area (Å²) in [5.74, 6) is -0.497. The average molecular weight is 294 g/mol. The molecule has 116 valence electrons. The summed E-state index contributed by atoms with van der Waals surface area (Å²) in [5.41, 5.74) is 0.905. The van der Waals surface area contributed by atoms with Gasteiger partial charge in [0.25, 0.3) is 0 Å². The van der Waals surface area contributed by atoms with E-state index in [1.807, 2.05) is 19.1 Å². The number of nitrogens with one attached hydrogen (secondary N) is 2. The van der Waals surface area contributed by atoms with Gasteiger partial charge in [-0.3, -0.25) is 0 Å². The summed E-state index contributed by atoms with van der Waals surface area (Å²) in [7, 11) is 1.59. The summed E-state index contributed by atoms with van der Waals surface area (Å²) < 4.78 is 5.07. The van der Waals surface area contributed by atoms with Crippen LogP contribution in [-0.2, 0) is 4.79 Å². The first-order chi connectivity index (χ1) is 9.85. The summed E-state index contributed by atoms with van der Waals surface area (Å²) >= 11 is 0. The lowest BCUT2D eigenvalue weighted by molar-refractivity contribution is -0.140. The van der Waals surface area contributed by atoms with Gasteiger partial charge in [0.15, 0.2) is 0 Å². The van der Waals surface area contributed by atoms with Crippen LogP contribution in [-0.4, -0.2) is 30.3 Å². The maximum absolute atomic E-state index is 11.9. The molecule has 0 saturated carbocycles. The number of rotatable bonds is 6. The molecule has 1 unspecified atom stereocenters. The summed E-state index contributed by atoms with van der Waals surface area (Å²) in [5, 5.41) is 14.2. The Kier molecular flexibility index (Phi) is 6.02. The van der Waals surface area contributed by atoms with Crippen LogP contribution in [0.25, 0.3) is 0 Å². The van der Waals surface area contributed by atoms with Gasteiger partial charge in [-0.15, -0.1) is 0 Å². The fourth-order valence-electron chi connectivity index (χ4n) is 1.87. The zero-order valence-electron chi connectivity index (χ0n) is 12.7. The predicted molar refractivity (Wildman–Crippen MR) is 79.3 cm³/mol. The highest BCUT2D eigenvalue weighted by molar-refractivity contribution is 5.82. The van der Waals surface area contributed by atoms with Crippen molar-refractivity contribution < 1.29 is 19.4 Å². The first kappa shape index (κ1) is 16.8. The van der Waals surface area contributed by atoms with Crippen LogP contribution >= 0.6 is 0 Å². The second-order valence-corrected chi connectivity index (χ2v) is 5.17. The van der Waals surface area contributed by atoms with Crippen molar-refractivity contribution in [2.75, 3.05) is 7.11 Å². The Morgan fingerprint density at radius 1 is 1.10 bits per heavy atom. The molecule has 3 N–H and O–H groups in total. The quantitative estimate of drug-likeness (QED) is 0.750. The smallest absolute Gasteiger partial charge is 0.326 e. The molecule has 1 aromatic rings. The summed E-state index contributed by atoms with van der Waals surface area (Å²) in [4.78, 5) is 22.9. The zero-order valence-corrected chi connectivity index (χ0v) is 12.7. The van der Waals surface area contributed by atoms with E-state index < -0.39 is 18.0 Å². The van der Waals surface area contributed by atoms with Crippen LogP contribution < -0.4 is 15.4 Å². The minimum absolute atomic E-state index is 0.190. The molecular weight excluding hydrogens is 272 g/mol. The number of ether oxygens (including phenoxy) is 1. The molecule has 1 aromatic carbocycles. The second-order valence-electron chi connectivity index (χ2n) is 5.17. The van der Waals surface area contributed by atoms with Crippen LogP contribution in [0, 0.1) is 5.92 Å². The van der Waals surface area contributed by atoms with E-state index in [4.69, 9.17) is 9.84 Å². The first-order valence-corrected chi connectivity index (χ1v) is 6.79. The monoisotopic (exact) mass is 294 g/mol. The highest BCUT2D eigenvalue weighted by Crippen LogP contribution is 2.17. The third-order valence-electron chi connectivity index (χ3n) is 3.18. The Bertz CT molecular complexity index is 485. The number of carbonyl (C=O) groups is 2. The van der Waals surface area contributed by atoms with Crippen molar-refractivity contribution in [3.8, 4) is 5.75 Å². The number of benzene rings is 1. The van der Waals surface area contributed by atoms with Crippen LogP contribution in [0.4, 0.5) is 4.79 Å². The molecule has 0 fully saturated rings. The number of methoxy groups -OCH3 is 1. The van der Waals surface area contributed by atoms with E-state index >= 15 is 0 Å². The summed E-state index contributed by atoms with van der Waals surface area (Å²) in [6, 6.07) is 5.66. The fraction of sp³-hybridized carbons (Fsp3) is 0.467. The first-order valence-electron chi connectivity index (χ1n) is 6.79. The minimum atomic E-state index is -1.04. The molecule has 0 bridgehead atoms. The van der Waals surface area contributed by atoms with Gasteiger partial charge in [-0.2, -0.15) is 0 Å². The highest BCUT2D eigenvalue weighted by Gasteiger charge is 2.23. The van der Waals surface area contributed by atoms with Crippen molar-refractivity contribution in [3.63, 3.8) is 0 Å². The van der Waals surface area contributed by atoms with E-state index in [9.17, 15) is 9.59 Å². The molecule has 0 aromatic heterocycles. The summed E-state index contributed by atoms with van der Waals surface area (Å²) in [6.45, 7) is 5.31. The minimum Gasteiger partial charge on any atom is -0.497 e. The molecule has 2 amide bonds. The van der Waals surface area contributed by atoms with E-state index in [1.165, 1.54) is 0 Å². The molecule has 2 atom stereocenters. The van der Waals surface area contributed by atoms with Crippen LogP contribution in [0.3, 0.4) is 0 Å². The Morgan fingerprint density at radius 2 is 1.67 bits per heavy atom. The van der Waals surface area contributed by atoms with Crippen molar-refractivity contribution in [2.24, 2.45) is 5.92 Å². The van der Waals surface area contributed by atoms with Gasteiger partial charge in [0.2, 0.25) is 0 Å². The molecule has 0 saturated heterocycles. The third kappa shape index (κ3) is 4.98. The SMILES string of the molecule is COc1ccc(C(C)NC(=O)N[C@@H](C(=O)O)C(C)C)cc1. The van der Waals surface area contributed by atoms with Crippen LogP contribution in [0.5, 0.6) is 5.75 Å². The molecule has 6 nitrogen and oxygen atoms in total. The number of carboxylic acids is 1. The molecular formula is C15H22N2O4. The van der Waals surface area contributed by atoms with E-state index in [2.05, 4.69) is 10.6 Å². The highest BCUT2D eigenvalue weighted by atomic mass is 16.5. The predicted octanol–water partition coefficient (Wildman–Crippen LogP) is 2.16. The lowest BCUT2D eigenvalue weighted by Gasteiger charge is -2.21. The second kappa shape index (κ2) is 7.52. The molecule has 0 aliphatic carbocycles. The number of hydrogen-bond donors (Lipinski definition) is 3. The van der Waals surface area contributed by atoms with Gasteiger partial charge in [0.05, 0.1) is 13.2 Å². The number of urea groups is 1. The summed E-state index contributed by atoms with van der Waals surface area (Å²) in [6.07, 6.45) is 0. The van der Waals surface area contributed by atoms with Crippen LogP contribution in [0.1, 0.15) is 32.4 Å².